The van der Waals surface area contributed by atoms with Crippen molar-refractivity contribution < 1.29 is 4.39 Å². The van der Waals surface area contributed by atoms with Gasteiger partial charge in [-0.1, -0.05) is 13.3 Å². The van der Waals surface area contributed by atoms with Gasteiger partial charge in [-0.15, -0.1) is 11.3 Å². The van der Waals surface area contributed by atoms with Crippen LogP contribution in [0.5, 0.6) is 0 Å². The van der Waals surface area contributed by atoms with Crippen molar-refractivity contribution in [3.8, 4) is 0 Å². The molecule has 21 heavy (non-hydrogen) atoms. The van der Waals surface area contributed by atoms with Gasteiger partial charge >= 0.3 is 0 Å². The molecule has 0 saturated heterocycles. The van der Waals surface area contributed by atoms with E-state index in [1.54, 1.807) is 12.3 Å². The van der Waals surface area contributed by atoms with Crippen LogP contribution < -0.4 is 5.32 Å². The van der Waals surface area contributed by atoms with E-state index in [-0.39, 0.29) is 11.9 Å². The summed E-state index contributed by atoms with van der Waals surface area (Å²) in [6.45, 7) is 2.93. The molecule has 0 fully saturated rings. The van der Waals surface area contributed by atoms with Gasteiger partial charge in [-0.05, 0) is 55.5 Å². The number of aromatic nitrogens is 1. The van der Waals surface area contributed by atoms with Gasteiger partial charge in [0, 0.05) is 16.0 Å². The van der Waals surface area contributed by atoms with Crippen molar-refractivity contribution >= 4 is 11.3 Å². The van der Waals surface area contributed by atoms with Crippen LogP contribution in [0.2, 0.25) is 0 Å². The van der Waals surface area contributed by atoms with Crippen molar-refractivity contribution in [2.24, 2.45) is 0 Å². The zero-order chi connectivity index (χ0) is 14.7. The second kappa shape index (κ2) is 6.67. The van der Waals surface area contributed by atoms with Crippen LogP contribution in [0.25, 0.3) is 0 Å². The summed E-state index contributed by atoms with van der Waals surface area (Å²) in [6.07, 6.45) is 9.32. The zero-order valence-corrected chi connectivity index (χ0v) is 13.2. The fourth-order valence-corrected chi connectivity index (χ4v) is 4.37. The van der Waals surface area contributed by atoms with Gasteiger partial charge in [0.25, 0.3) is 0 Å². The molecule has 0 spiro atoms. The third-order valence-corrected chi connectivity index (χ3v) is 5.32. The maximum absolute atomic E-state index is 13.5. The Bertz CT molecular complexity index is 585. The highest BCUT2D eigenvalue weighted by atomic mass is 32.1. The predicted octanol–water partition coefficient (Wildman–Crippen LogP) is 4.25. The molecule has 3 rings (SSSR count). The van der Waals surface area contributed by atoms with E-state index in [4.69, 9.17) is 0 Å². The number of fused-ring (bicyclic) bond motifs is 1. The topological polar surface area (TPSA) is 24.9 Å². The molecule has 0 radical (unpaired) electrons. The molecule has 0 aliphatic heterocycles. The SMILES string of the molecule is CCNC(c1cncc(F)c1)c1cc2c(s1)CCCCC2. The molecule has 2 heterocycles. The quantitative estimate of drug-likeness (QED) is 0.854. The normalized spacial score (nSPS) is 16.3. The number of pyridine rings is 1. The summed E-state index contributed by atoms with van der Waals surface area (Å²) in [5.74, 6) is -0.270. The Kier molecular flexibility index (Phi) is 4.66. The molecule has 0 amide bonds. The Morgan fingerprint density at radius 2 is 2.10 bits per heavy atom. The number of hydrogen-bond donors (Lipinski definition) is 1. The molecule has 0 saturated carbocycles. The Balaban J connectivity index is 1.94. The van der Waals surface area contributed by atoms with Gasteiger partial charge in [-0.25, -0.2) is 4.39 Å². The lowest BCUT2D eigenvalue weighted by Crippen LogP contribution is -2.21. The lowest BCUT2D eigenvalue weighted by molar-refractivity contribution is 0.599. The van der Waals surface area contributed by atoms with Crippen molar-refractivity contribution in [2.45, 2.75) is 45.1 Å². The van der Waals surface area contributed by atoms with Crippen LogP contribution in [0.1, 0.15) is 53.1 Å². The molecule has 1 N–H and O–H groups in total. The summed E-state index contributed by atoms with van der Waals surface area (Å²) >= 11 is 1.88. The van der Waals surface area contributed by atoms with Crippen molar-refractivity contribution in [1.29, 1.82) is 0 Å². The van der Waals surface area contributed by atoms with Crippen LogP contribution >= 0.6 is 11.3 Å². The fraction of sp³-hybridized carbons (Fsp3) is 0.471. The van der Waals surface area contributed by atoms with Gasteiger partial charge in [0.2, 0.25) is 0 Å². The molecule has 0 bridgehead atoms. The second-order valence-corrected chi connectivity index (χ2v) is 6.75. The van der Waals surface area contributed by atoms with Crippen LogP contribution in [0.4, 0.5) is 4.39 Å². The molecular weight excluding hydrogens is 283 g/mol. The summed E-state index contributed by atoms with van der Waals surface area (Å²) in [6, 6.07) is 3.96. The average Bonchev–Trinajstić information content (AvgIpc) is 2.75. The minimum atomic E-state index is -0.270. The lowest BCUT2D eigenvalue weighted by atomic mass is 10.1. The molecule has 2 aromatic heterocycles. The molecule has 112 valence electrons. The van der Waals surface area contributed by atoms with E-state index in [9.17, 15) is 4.39 Å². The van der Waals surface area contributed by atoms with E-state index in [0.29, 0.717) is 0 Å². The van der Waals surface area contributed by atoms with Crippen molar-refractivity contribution in [3.63, 3.8) is 0 Å². The minimum Gasteiger partial charge on any atom is -0.306 e. The number of aryl methyl sites for hydroxylation is 2. The first kappa shape index (κ1) is 14.7. The molecule has 1 aliphatic rings. The van der Waals surface area contributed by atoms with E-state index >= 15 is 0 Å². The van der Waals surface area contributed by atoms with Gasteiger partial charge in [0.05, 0.1) is 12.2 Å². The summed E-state index contributed by atoms with van der Waals surface area (Å²) in [5.41, 5.74) is 2.41. The molecule has 2 aromatic rings. The number of halogens is 1. The van der Waals surface area contributed by atoms with Crippen LogP contribution in [0.3, 0.4) is 0 Å². The highest BCUT2D eigenvalue weighted by Gasteiger charge is 2.20. The Hall–Kier alpha value is -1.26. The number of rotatable bonds is 4. The van der Waals surface area contributed by atoms with E-state index < -0.39 is 0 Å². The van der Waals surface area contributed by atoms with Crippen LogP contribution in [-0.4, -0.2) is 11.5 Å². The van der Waals surface area contributed by atoms with Gasteiger partial charge in [-0.3, -0.25) is 4.98 Å². The molecule has 1 aliphatic carbocycles. The van der Waals surface area contributed by atoms with Crippen molar-refractivity contribution in [3.05, 3.63) is 51.2 Å². The first-order valence-corrected chi connectivity index (χ1v) is 8.55. The monoisotopic (exact) mass is 304 g/mol. The Morgan fingerprint density at radius 3 is 2.90 bits per heavy atom. The Morgan fingerprint density at radius 1 is 1.24 bits per heavy atom. The smallest absolute Gasteiger partial charge is 0.141 e. The molecule has 0 aromatic carbocycles. The molecule has 1 unspecified atom stereocenters. The summed E-state index contributed by atoms with van der Waals surface area (Å²) in [4.78, 5) is 6.81. The van der Waals surface area contributed by atoms with Gasteiger partial charge in [0.1, 0.15) is 5.82 Å². The predicted molar refractivity (Wildman–Crippen MR) is 85.3 cm³/mol. The molecule has 1 atom stereocenters. The van der Waals surface area contributed by atoms with Crippen LogP contribution in [0.15, 0.2) is 24.5 Å². The van der Waals surface area contributed by atoms with E-state index in [0.717, 1.165) is 12.1 Å². The van der Waals surface area contributed by atoms with Gasteiger partial charge < -0.3 is 5.32 Å². The highest BCUT2D eigenvalue weighted by molar-refractivity contribution is 7.12. The third kappa shape index (κ3) is 3.33. The number of nitrogens with zero attached hydrogens (tertiary/aromatic N) is 1. The second-order valence-electron chi connectivity index (χ2n) is 5.59. The first-order valence-electron chi connectivity index (χ1n) is 7.73. The zero-order valence-electron chi connectivity index (χ0n) is 12.4. The average molecular weight is 304 g/mol. The number of thiophene rings is 1. The number of hydrogen-bond acceptors (Lipinski definition) is 3. The summed E-state index contributed by atoms with van der Waals surface area (Å²) in [5, 5.41) is 3.47. The number of nitrogens with one attached hydrogen (secondary N) is 1. The van der Waals surface area contributed by atoms with Gasteiger partial charge in [0.15, 0.2) is 0 Å². The maximum atomic E-state index is 13.5. The third-order valence-electron chi connectivity index (χ3n) is 4.02. The fourth-order valence-electron chi connectivity index (χ4n) is 3.01. The summed E-state index contributed by atoms with van der Waals surface area (Å²) < 4.78 is 13.5. The van der Waals surface area contributed by atoms with E-state index in [1.165, 1.54) is 53.6 Å². The minimum absolute atomic E-state index is 0.0510. The van der Waals surface area contributed by atoms with Crippen molar-refractivity contribution in [1.82, 2.24) is 10.3 Å². The lowest BCUT2D eigenvalue weighted by Gasteiger charge is -2.16. The molecule has 4 heteroatoms. The van der Waals surface area contributed by atoms with Gasteiger partial charge in [-0.2, -0.15) is 0 Å². The van der Waals surface area contributed by atoms with Crippen LogP contribution in [0, 0.1) is 5.82 Å². The maximum Gasteiger partial charge on any atom is 0.141 e. The summed E-state index contributed by atoms with van der Waals surface area (Å²) in [7, 11) is 0. The first-order chi connectivity index (χ1) is 10.3. The highest BCUT2D eigenvalue weighted by Crippen LogP contribution is 2.34. The van der Waals surface area contributed by atoms with E-state index in [2.05, 4.69) is 23.3 Å². The van der Waals surface area contributed by atoms with Crippen LogP contribution in [-0.2, 0) is 12.8 Å². The van der Waals surface area contributed by atoms with Crippen molar-refractivity contribution in [2.75, 3.05) is 6.54 Å². The molecular formula is C17H21FN2S. The molecule has 2 nitrogen and oxygen atoms in total. The largest absolute Gasteiger partial charge is 0.306 e. The Labute approximate surface area is 129 Å². The van der Waals surface area contributed by atoms with E-state index in [1.807, 2.05) is 11.3 Å². The standard InChI is InChI=1S/C17H21FN2S/c1-2-20-17(13-8-14(18)11-19-10-13)16-9-12-6-4-3-5-7-15(12)21-16/h8-11,17,20H,2-7H2,1H3.